The van der Waals surface area contributed by atoms with Crippen LogP contribution in [0.15, 0.2) is 36.4 Å². The number of fused-ring (bicyclic) bond motifs is 2. The Labute approximate surface area is 181 Å². The topological polar surface area (TPSA) is 54.9 Å². The van der Waals surface area contributed by atoms with Crippen molar-refractivity contribution in [3.63, 3.8) is 0 Å². The molecule has 0 spiro atoms. The summed E-state index contributed by atoms with van der Waals surface area (Å²) in [7, 11) is 4.06. The summed E-state index contributed by atoms with van der Waals surface area (Å²) >= 11 is 1.55. The van der Waals surface area contributed by atoms with E-state index in [2.05, 4.69) is 30.9 Å². The van der Waals surface area contributed by atoms with Gasteiger partial charge in [0.15, 0.2) is 16.6 Å². The van der Waals surface area contributed by atoms with E-state index in [9.17, 15) is 4.79 Å². The van der Waals surface area contributed by atoms with Crippen molar-refractivity contribution in [3.8, 4) is 11.5 Å². The normalized spacial score (nSPS) is 15.6. The highest BCUT2D eigenvalue weighted by Crippen LogP contribution is 2.34. The first-order chi connectivity index (χ1) is 14.4. The van der Waals surface area contributed by atoms with Crippen molar-refractivity contribution < 1.29 is 14.3 Å². The van der Waals surface area contributed by atoms with E-state index in [0.717, 1.165) is 23.2 Å². The van der Waals surface area contributed by atoms with Crippen molar-refractivity contribution in [3.05, 3.63) is 47.5 Å². The van der Waals surface area contributed by atoms with Gasteiger partial charge in [-0.1, -0.05) is 23.5 Å². The molecule has 0 saturated carbocycles. The standard InChI is InChI=1S/C23H27N3O3S/c1-15-12-17-21(13-16(15)2)30-23(24-17)26(11-7-10-25(3)4)22(27)20-14-28-18-8-5-6-9-19(18)29-20/h5-6,8-9,12-13,20H,7,10-11,14H2,1-4H3/t20-/m0/s1. The molecule has 1 aromatic heterocycles. The van der Waals surface area contributed by atoms with Gasteiger partial charge in [-0.3, -0.25) is 9.69 Å². The quantitative estimate of drug-likeness (QED) is 0.597. The molecule has 0 radical (unpaired) electrons. The second-order valence-electron chi connectivity index (χ2n) is 7.91. The summed E-state index contributed by atoms with van der Waals surface area (Å²) < 4.78 is 12.9. The zero-order valence-electron chi connectivity index (χ0n) is 17.8. The van der Waals surface area contributed by atoms with Crippen molar-refractivity contribution in [2.24, 2.45) is 0 Å². The summed E-state index contributed by atoms with van der Waals surface area (Å²) in [4.78, 5) is 22.1. The minimum Gasteiger partial charge on any atom is -0.485 e. The molecular weight excluding hydrogens is 398 g/mol. The lowest BCUT2D eigenvalue weighted by Gasteiger charge is -2.29. The van der Waals surface area contributed by atoms with Crippen LogP contribution in [-0.2, 0) is 4.79 Å². The molecule has 1 aliphatic heterocycles. The van der Waals surface area contributed by atoms with Gasteiger partial charge < -0.3 is 14.4 Å². The summed E-state index contributed by atoms with van der Waals surface area (Å²) in [6.45, 7) is 5.84. The van der Waals surface area contributed by atoms with E-state index < -0.39 is 6.10 Å². The van der Waals surface area contributed by atoms with Gasteiger partial charge in [0.25, 0.3) is 5.91 Å². The van der Waals surface area contributed by atoms with Gasteiger partial charge in [0.1, 0.15) is 6.61 Å². The van der Waals surface area contributed by atoms with Crippen LogP contribution in [0.25, 0.3) is 10.2 Å². The minimum atomic E-state index is -0.685. The number of rotatable bonds is 6. The fourth-order valence-corrected chi connectivity index (χ4v) is 4.52. The maximum atomic E-state index is 13.5. The molecule has 30 heavy (non-hydrogen) atoms. The first-order valence-corrected chi connectivity index (χ1v) is 11.0. The van der Waals surface area contributed by atoms with E-state index in [1.165, 1.54) is 11.1 Å². The lowest BCUT2D eigenvalue weighted by Crippen LogP contribution is -2.47. The van der Waals surface area contributed by atoms with Crippen LogP contribution >= 0.6 is 11.3 Å². The fourth-order valence-electron chi connectivity index (χ4n) is 3.44. The van der Waals surface area contributed by atoms with Crippen molar-refractivity contribution >= 4 is 32.6 Å². The Morgan fingerprint density at radius 2 is 1.87 bits per heavy atom. The SMILES string of the molecule is Cc1cc2nc(N(CCCN(C)C)C(=O)[C@@H]3COc4ccccc4O3)sc2cc1C. The van der Waals surface area contributed by atoms with Crippen LogP contribution < -0.4 is 14.4 Å². The number of nitrogens with zero attached hydrogens (tertiary/aromatic N) is 3. The Morgan fingerprint density at radius 1 is 1.13 bits per heavy atom. The van der Waals surface area contributed by atoms with Crippen LogP contribution in [0.3, 0.4) is 0 Å². The molecular formula is C23H27N3O3S. The van der Waals surface area contributed by atoms with Crippen LogP contribution in [0, 0.1) is 13.8 Å². The lowest BCUT2D eigenvalue weighted by atomic mass is 10.1. The molecule has 158 valence electrons. The second kappa shape index (κ2) is 8.62. The zero-order valence-corrected chi connectivity index (χ0v) is 18.7. The number of benzene rings is 2. The van der Waals surface area contributed by atoms with Crippen LogP contribution in [0.2, 0.25) is 0 Å². The van der Waals surface area contributed by atoms with E-state index in [1.54, 1.807) is 16.2 Å². The van der Waals surface area contributed by atoms with Gasteiger partial charge in [0.05, 0.1) is 10.2 Å². The number of hydrogen-bond donors (Lipinski definition) is 0. The number of hydrogen-bond acceptors (Lipinski definition) is 6. The third-order valence-electron chi connectivity index (χ3n) is 5.26. The molecule has 3 aromatic rings. The average Bonchev–Trinajstić information content (AvgIpc) is 3.12. The Hall–Kier alpha value is -2.64. The van der Waals surface area contributed by atoms with Gasteiger partial charge in [-0.15, -0.1) is 0 Å². The molecule has 0 bridgehead atoms. The first-order valence-electron chi connectivity index (χ1n) is 10.1. The molecule has 1 atom stereocenters. The molecule has 2 aromatic carbocycles. The van der Waals surface area contributed by atoms with Crippen molar-refractivity contribution in [1.82, 2.24) is 9.88 Å². The summed E-state index contributed by atoms with van der Waals surface area (Å²) in [6, 6.07) is 11.7. The van der Waals surface area contributed by atoms with Crippen LogP contribution in [0.1, 0.15) is 17.5 Å². The van der Waals surface area contributed by atoms with E-state index in [-0.39, 0.29) is 12.5 Å². The Balaban J connectivity index is 1.62. The van der Waals surface area contributed by atoms with Gasteiger partial charge in [-0.05, 0) is 76.3 Å². The van der Waals surface area contributed by atoms with Gasteiger partial charge in [0.2, 0.25) is 6.10 Å². The monoisotopic (exact) mass is 425 g/mol. The molecule has 0 unspecified atom stereocenters. The van der Waals surface area contributed by atoms with Gasteiger partial charge in [0, 0.05) is 6.54 Å². The summed E-state index contributed by atoms with van der Waals surface area (Å²) in [5, 5.41) is 0.709. The molecule has 4 rings (SSSR count). The van der Waals surface area contributed by atoms with E-state index in [0.29, 0.717) is 23.2 Å². The number of amides is 1. The average molecular weight is 426 g/mol. The van der Waals surface area contributed by atoms with E-state index in [4.69, 9.17) is 14.5 Å². The molecule has 7 heteroatoms. The molecule has 2 heterocycles. The highest BCUT2D eigenvalue weighted by molar-refractivity contribution is 7.22. The smallest absolute Gasteiger partial charge is 0.273 e. The highest BCUT2D eigenvalue weighted by Gasteiger charge is 2.33. The predicted molar refractivity (Wildman–Crippen MR) is 121 cm³/mol. The Morgan fingerprint density at radius 3 is 2.63 bits per heavy atom. The first kappa shape index (κ1) is 20.6. The third-order valence-corrected chi connectivity index (χ3v) is 6.30. The number of carbonyl (C=O) groups excluding carboxylic acids is 1. The predicted octanol–water partition coefficient (Wildman–Crippen LogP) is 4.04. The van der Waals surface area contributed by atoms with Crippen LogP contribution in [0.4, 0.5) is 5.13 Å². The zero-order chi connectivity index (χ0) is 21.3. The van der Waals surface area contributed by atoms with Crippen LogP contribution in [0.5, 0.6) is 11.5 Å². The molecule has 0 fully saturated rings. The summed E-state index contributed by atoms with van der Waals surface area (Å²) in [5.41, 5.74) is 3.35. The largest absolute Gasteiger partial charge is 0.485 e. The Kier molecular flexibility index (Phi) is 5.92. The highest BCUT2D eigenvalue weighted by atomic mass is 32.1. The number of carbonyl (C=O) groups is 1. The van der Waals surface area contributed by atoms with Gasteiger partial charge >= 0.3 is 0 Å². The molecule has 1 amide bonds. The lowest BCUT2D eigenvalue weighted by molar-refractivity contribution is -0.127. The maximum Gasteiger partial charge on any atom is 0.273 e. The third kappa shape index (κ3) is 4.27. The molecule has 0 N–H and O–H groups in total. The number of thiazole rings is 1. The number of aromatic nitrogens is 1. The van der Waals surface area contributed by atoms with E-state index in [1.807, 2.05) is 38.4 Å². The van der Waals surface area contributed by atoms with E-state index >= 15 is 0 Å². The van der Waals surface area contributed by atoms with Gasteiger partial charge in [-0.2, -0.15) is 0 Å². The molecule has 1 aliphatic rings. The van der Waals surface area contributed by atoms with Crippen molar-refractivity contribution in [1.29, 1.82) is 0 Å². The minimum absolute atomic E-state index is 0.115. The number of ether oxygens (including phenoxy) is 2. The maximum absolute atomic E-state index is 13.5. The van der Waals surface area contributed by atoms with Crippen molar-refractivity contribution in [2.45, 2.75) is 26.4 Å². The molecule has 6 nitrogen and oxygen atoms in total. The molecule has 0 aliphatic carbocycles. The fraction of sp³-hybridized carbons (Fsp3) is 0.391. The second-order valence-corrected chi connectivity index (χ2v) is 8.92. The summed E-state index contributed by atoms with van der Waals surface area (Å²) in [5.74, 6) is 1.16. The number of aryl methyl sites for hydroxylation is 2. The molecule has 0 saturated heterocycles. The van der Waals surface area contributed by atoms with Crippen molar-refractivity contribution in [2.75, 3.05) is 38.7 Å². The summed E-state index contributed by atoms with van der Waals surface area (Å²) in [6.07, 6.45) is 0.159. The van der Waals surface area contributed by atoms with Gasteiger partial charge in [-0.25, -0.2) is 4.98 Å². The number of anilines is 1. The Bertz CT molecular complexity index is 1020. The van der Waals surface area contributed by atoms with Crippen LogP contribution in [-0.4, -0.2) is 55.7 Å². The number of para-hydroxylation sites is 2.